The molecule has 1 N–H and O–H groups in total. The SMILES string of the molecule is CC[C@H](C(=O)NC(C)C)N(Cc1ccccc1C)C(=O)CCCN1c2cccc3cccc(c23)S1(=O)=O. The Balaban J connectivity index is 1.53. The van der Waals surface area contributed by atoms with E-state index in [1.165, 1.54) is 4.31 Å². The van der Waals surface area contributed by atoms with Crippen molar-refractivity contribution >= 4 is 38.3 Å². The van der Waals surface area contributed by atoms with Gasteiger partial charge in [0.25, 0.3) is 10.0 Å². The van der Waals surface area contributed by atoms with Gasteiger partial charge in [0, 0.05) is 30.9 Å². The fourth-order valence-corrected chi connectivity index (χ4v) is 6.74. The van der Waals surface area contributed by atoms with E-state index in [0.29, 0.717) is 30.0 Å². The summed E-state index contributed by atoms with van der Waals surface area (Å²) in [4.78, 5) is 28.5. The van der Waals surface area contributed by atoms with Crippen LogP contribution in [-0.4, -0.2) is 43.8 Å². The predicted octanol–water partition coefficient (Wildman–Crippen LogP) is 4.77. The number of benzene rings is 3. The summed E-state index contributed by atoms with van der Waals surface area (Å²) >= 11 is 0. The number of nitrogens with zero attached hydrogens (tertiary/aromatic N) is 2. The highest BCUT2D eigenvalue weighted by Crippen LogP contribution is 2.42. The Hall–Kier alpha value is -3.39. The van der Waals surface area contributed by atoms with Crippen LogP contribution >= 0.6 is 0 Å². The lowest BCUT2D eigenvalue weighted by Crippen LogP contribution is -2.50. The highest BCUT2D eigenvalue weighted by Gasteiger charge is 2.35. The minimum Gasteiger partial charge on any atom is -0.352 e. The van der Waals surface area contributed by atoms with Gasteiger partial charge in [0.05, 0.1) is 10.6 Å². The molecule has 1 aliphatic heterocycles. The molecule has 0 saturated heterocycles. The summed E-state index contributed by atoms with van der Waals surface area (Å²) in [7, 11) is -3.67. The van der Waals surface area contributed by atoms with Gasteiger partial charge in [-0.15, -0.1) is 0 Å². The van der Waals surface area contributed by atoms with E-state index >= 15 is 0 Å². The van der Waals surface area contributed by atoms with E-state index in [9.17, 15) is 18.0 Å². The van der Waals surface area contributed by atoms with E-state index in [1.807, 2.05) is 76.2 Å². The van der Waals surface area contributed by atoms with Crippen LogP contribution in [0.4, 0.5) is 5.69 Å². The molecule has 37 heavy (non-hydrogen) atoms. The summed E-state index contributed by atoms with van der Waals surface area (Å²) in [5.74, 6) is -0.343. The lowest BCUT2D eigenvalue weighted by molar-refractivity contribution is -0.141. The number of anilines is 1. The topological polar surface area (TPSA) is 86.8 Å². The number of sulfonamides is 1. The molecule has 1 atom stereocenters. The molecule has 3 aromatic rings. The molecule has 0 spiro atoms. The van der Waals surface area contributed by atoms with Crippen molar-refractivity contribution in [1.82, 2.24) is 10.2 Å². The molecule has 0 unspecified atom stereocenters. The van der Waals surface area contributed by atoms with E-state index in [-0.39, 0.29) is 30.8 Å². The van der Waals surface area contributed by atoms with Gasteiger partial charge in [-0.25, -0.2) is 8.42 Å². The number of rotatable bonds is 10. The molecular weight excluding hydrogens is 486 g/mol. The Morgan fingerprint density at radius 1 is 1.00 bits per heavy atom. The van der Waals surface area contributed by atoms with Gasteiger partial charge in [-0.3, -0.25) is 13.9 Å². The minimum absolute atomic E-state index is 0.0401. The lowest BCUT2D eigenvalue weighted by Gasteiger charge is -2.32. The summed E-state index contributed by atoms with van der Waals surface area (Å²) in [6.45, 7) is 8.19. The van der Waals surface area contributed by atoms with Gasteiger partial charge in [-0.2, -0.15) is 0 Å². The van der Waals surface area contributed by atoms with Crippen LogP contribution < -0.4 is 9.62 Å². The molecule has 0 bridgehead atoms. The molecule has 2 amide bonds. The van der Waals surface area contributed by atoms with Gasteiger partial charge in [-0.1, -0.05) is 55.5 Å². The fourth-order valence-electron chi connectivity index (χ4n) is 4.99. The summed E-state index contributed by atoms with van der Waals surface area (Å²) in [5.41, 5.74) is 2.68. The highest BCUT2D eigenvalue weighted by atomic mass is 32.2. The second-order valence-corrected chi connectivity index (χ2v) is 11.7. The first-order chi connectivity index (χ1) is 17.6. The number of hydrogen-bond donors (Lipinski definition) is 1. The number of carbonyl (C=O) groups excluding carboxylic acids is 2. The number of amides is 2. The molecule has 7 nitrogen and oxygen atoms in total. The van der Waals surface area contributed by atoms with E-state index in [1.54, 1.807) is 17.0 Å². The van der Waals surface area contributed by atoms with Crippen LogP contribution in [0.1, 0.15) is 51.2 Å². The van der Waals surface area contributed by atoms with Crippen molar-refractivity contribution < 1.29 is 18.0 Å². The summed E-state index contributed by atoms with van der Waals surface area (Å²) < 4.78 is 28.0. The van der Waals surface area contributed by atoms with Crippen LogP contribution in [0.25, 0.3) is 10.8 Å². The number of carbonyl (C=O) groups is 2. The van der Waals surface area contributed by atoms with E-state index in [4.69, 9.17) is 0 Å². The first-order valence-corrected chi connectivity index (χ1v) is 14.3. The van der Waals surface area contributed by atoms with Crippen molar-refractivity contribution in [1.29, 1.82) is 0 Å². The maximum absolute atomic E-state index is 13.6. The normalized spacial score (nSPS) is 14.7. The second-order valence-electron chi connectivity index (χ2n) is 9.85. The zero-order valence-electron chi connectivity index (χ0n) is 21.9. The molecule has 1 aliphatic rings. The van der Waals surface area contributed by atoms with Gasteiger partial charge in [0.2, 0.25) is 11.8 Å². The van der Waals surface area contributed by atoms with Gasteiger partial charge >= 0.3 is 0 Å². The van der Waals surface area contributed by atoms with Crippen molar-refractivity contribution in [2.45, 2.75) is 70.5 Å². The van der Waals surface area contributed by atoms with Crippen LogP contribution in [0.2, 0.25) is 0 Å². The van der Waals surface area contributed by atoms with Gasteiger partial charge in [0.15, 0.2) is 0 Å². The Morgan fingerprint density at radius 3 is 2.38 bits per heavy atom. The quantitative estimate of drug-likeness (QED) is 0.416. The Labute approximate surface area is 219 Å². The van der Waals surface area contributed by atoms with E-state index < -0.39 is 16.1 Å². The predicted molar refractivity (Wildman–Crippen MR) is 147 cm³/mol. The smallest absolute Gasteiger partial charge is 0.265 e. The fraction of sp³-hybridized carbons (Fsp3) is 0.379. The summed E-state index contributed by atoms with van der Waals surface area (Å²) in [6.07, 6.45) is 0.957. The van der Waals surface area contributed by atoms with Crippen LogP contribution in [0, 0.1) is 6.92 Å². The molecule has 4 rings (SSSR count). The first-order valence-electron chi connectivity index (χ1n) is 12.8. The van der Waals surface area contributed by atoms with Crippen molar-refractivity contribution in [3.8, 4) is 0 Å². The first kappa shape index (κ1) is 26.7. The molecule has 196 valence electrons. The third kappa shape index (κ3) is 5.34. The van der Waals surface area contributed by atoms with Crippen LogP contribution in [-0.2, 0) is 26.2 Å². The average Bonchev–Trinajstić information content (AvgIpc) is 3.07. The maximum atomic E-state index is 13.6. The largest absolute Gasteiger partial charge is 0.352 e. The molecule has 8 heteroatoms. The van der Waals surface area contributed by atoms with Crippen molar-refractivity contribution in [2.75, 3.05) is 10.8 Å². The maximum Gasteiger partial charge on any atom is 0.265 e. The number of aryl methyl sites for hydroxylation is 1. The molecule has 0 radical (unpaired) electrons. The minimum atomic E-state index is -3.67. The van der Waals surface area contributed by atoms with E-state index in [2.05, 4.69) is 5.32 Å². The van der Waals surface area contributed by atoms with Crippen molar-refractivity contribution in [2.24, 2.45) is 0 Å². The van der Waals surface area contributed by atoms with Gasteiger partial charge < -0.3 is 10.2 Å². The molecule has 3 aromatic carbocycles. The molecule has 1 heterocycles. The summed E-state index contributed by atoms with van der Waals surface area (Å²) in [5, 5.41) is 4.55. The Morgan fingerprint density at radius 2 is 1.70 bits per heavy atom. The van der Waals surface area contributed by atoms with E-state index in [0.717, 1.165) is 21.9 Å². The van der Waals surface area contributed by atoms with Gasteiger partial charge in [-0.05, 0) is 62.3 Å². The molecular formula is C29H35N3O4S. The molecule has 0 aromatic heterocycles. The second kappa shape index (κ2) is 10.9. The van der Waals surface area contributed by atoms with Gasteiger partial charge in [0.1, 0.15) is 6.04 Å². The number of hydrogen-bond acceptors (Lipinski definition) is 4. The zero-order chi connectivity index (χ0) is 26.7. The van der Waals surface area contributed by atoms with Crippen LogP contribution in [0.15, 0.2) is 65.6 Å². The highest BCUT2D eigenvalue weighted by molar-refractivity contribution is 7.93. The standard InChI is InChI=1S/C29H35N3O4S/c1-5-24(29(34)30-20(2)3)31(19-23-12-7-6-11-21(23)4)27(33)17-10-18-32-25-15-8-13-22-14-9-16-26(28(22)25)37(32,35)36/h6-9,11-16,20,24H,5,10,17-19H2,1-4H3,(H,30,34)/t24-/m1/s1. The number of nitrogens with one attached hydrogen (secondary N) is 1. The molecule has 0 aliphatic carbocycles. The Bertz CT molecular complexity index is 1410. The van der Waals surface area contributed by atoms with Crippen LogP contribution in [0.5, 0.6) is 0 Å². The Kier molecular flexibility index (Phi) is 7.87. The third-order valence-corrected chi connectivity index (χ3v) is 8.71. The van der Waals surface area contributed by atoms with Crippen molar-refractivity contribution in [3.05, 3.63) is 71.8 Å². The molecule has 0 fully saturated rings. The van der Waals surface area contributed by atoms with Crippen molar-refractivity contribution in [3.63, 3.8) is 0 Å². The lowest BCUT2D eigenvalue weighted by atomic mass is 10.0. The molecule has 0 saturated carbocycles. The zero-order valence-corrected chi connectivity index (χ0v) is 22.7. The van der Waals surface area contributed by atoms with Crippen LogP contribution in [0.3, 0.4) is 0 Å². The summed E-state index contributed by atoms with van der Waals surface area (Å²) in [6, 6.07) is 18.0. The average molecular weight is 522 g/mol. The third-order valence-electron chi connectivity index (χ3n) is 6.85. The monoisotopic (exact) mass is 521 g/mol.